The van der Waals surface area contributed by atoms with Gasteiger partial charge in [-0.05, 0) is 45.9 Å². The van der Waals surface area contributed by atoms with Crippen LogP contribution in [0.1, 0.15) is 22.3 Å². The first-order chi connectivity index (χ1) is 7.93. The summed E-state index contributed by atoms with van der Waals surface area (Å²) in [5.74, 6) is 0. The molecule has 0 atom stereocenters. The molecule has 0 amide bonds. The van der Waals surface area contributed by atoms with Crippen molar-refractivity contribution in [1.82, 2.24) is 0 Å². The smallest absolute Gasteiger partial charge is 0.00333 e. The number of hydrogen-bond donors (Lipinski definition) is 0. The van der Waals surface area contributed by atoms with Gasteiger partial charge in [0.1, 0.15) is 0 Å². The molecule has 0 saturated heterocycles. The molecule has 0 spiro atoms. The molecule has 0 nitrogen and oxygen atoms in total. The zero-order valence-corrected chi connectivity index (χ0v) is 9.03. The topological polar surface area (TPSA) is 0 Å². The fourth-order valence-corrected chi connectivity index (χ4v) is 2.98. The first kappa shape index (κ1) is 8.35. The maximum Gasteiger partial charge on any atom is -0.00333 e. The van der Waals surface area contributed by atoms with E-state index in [1.165, 1.54) is 45.9 Å². The average molecular weight is 204 g/mol. The van der Waals surface area contributed by atoms with E-state index in [0.717, 1.165) is 0 Å². The Labute approximate surface area is 94.9 Å². The second-order valence-electron chi connectivity index (χ2n) is 4.60. The second-order valence-corrected chi connectivity index (χ2v) is 4.60. The Morgan fingerprint density at radius 1 is 0.625 bits per heavy atom. The summed E-state index contributed by atoms with van der Waals surface area (Å²) in [7, 11) is 0. The van der Waals surface area contributed by atoms with Crippen molar-refractivity contribution in [3.8, 4) is 0 Å². The van der Waals surface area contributed by atoms with Gasteiger partial charge >= 0.3 is 0 Å². The van der Waals surface area contributed by atoms with Gasteiger partial charge in [-0.15, -0.1) is 0 Å². The predicted molar refractivity (Wildman–Crippen MR) is 69.4 cm³/mol. The Morgan fingerprint density at radius 2 is 1.19 bits per heavy atom. The molecule has 0 aliphatic heterocycles. The lowest BCUT2D eigenvalue weighted by molar-refractivity contribution is 1.02. The van der Waals surface area contributed by atoms with Crippen LogP contribution >= 0.6 is 0 Å². The van der Waals surface area contributed by atoms with E-state index in [-0.39, 0.29) is 0 Å². The zero-order chi connectivity index (χ0) is 10.5. The maximum absolute atomic E-state index is 2.30. The van der Waals surface area contributed by atoms with Gasteiger partial charge in [-0.1, -0.05) is 48.6 Å². The Morgan fingerprint density at radius 3 is 1.75 bits per heavy atom. The van der Waals surface area contributed by atoms with E-state index < -0.39 is 0 Å². The summed E-state index contributed by atoms with van der Waals surface area (Å²) >= 11 is 0. The van der Waals surface area contributed by atoms with E-state index in [0.29, 0.717) is 0 Å². The van der Waals surface area contributed by atoms with Crippen LogP contribution in [0.5, 0.6) is 0 Å². The molecule has 2 aliphatic rings. The summed E-state index contributed by atoms with van der Waals surface area (Å²) < 4.78 is 0. The van der Waals surface area contributed by atoms with Gasteiger partial charge in [0.25, 0.3) is 0 Å². The van der Waals surface area contributed by atoms with Crippen LogP contribution in [-0.2, 0) is 12.8 Å². The lowest BCUT2D eigenvalue weighted by atomic mass is 9.96. The predicted octanol–water partition coefficient (Wildman–Crippen LogP) is 3.98. The largest absolute Gasteiger partial charge is 0.0616 e. The Kier molecular flexibility index (Phi) is 1.49. The maximum atomic E-state index is 2.30. The SMILES string of the molecule is C1=Cc2ccc3c4c(ccc(c24)C=C1)CC3. The van der Waals surface area contributed by atoms with E-state index in [2.05, 4.69) is 48.6 Å². The average Bonchev–Trinajstić information content (AvgIpc) is 2.62. The van der Waals surface area contributed by atoms with Gasteiger partial charge in [-0.3, -0.25) is 0 Å². The third kappa shape index (κ3) is 0.943. The van der Waals surface area contributed by atoms with Crippen LogP contribution in [0.3, 0.4) is 0 Å². The third-order valence-electron chi connectivity index (χ3n) is 3.72. The summed E-state index contributed by atoms with van der Waals surface area (Å²) in [5.41, 5.74) is 5.78. The molecule has 0 radical (unpaired) electrons. The van der Waals surface area contributed by atoms with E-state index >= 15 is 0 Å². The first-order valence-electron chi connectivity index (χ1n) is 5.86. The second kappa shape index (κ2) is 2.85. The van der Waals surface area contributed by atoms with Crippen molar-refractivity contribution in [2.75, 3.05) is 0 Å². The standard InChI is InChI=1S/C16H12/c1-2-4-12-6-8-14-10-9-13-7-5-11(3-1)15(12)16(13)14/h1-8H,9-10H2. The highest BCUT2D eigenvalue weighted by Gasteiger charge is 2.17. The van der Waals surface area contributed by atoms with Gasteiger partial charge in [0.15, 0.2) is 0 Å². The molecule has 2 aromatic rings. The molecule has 0 aromatic heterocycles. The van der Waals surface area contributed by atoms with Crippen LogP contribution in [0.2, 0.25) is 0 Å². The van der Waals surface area contributed by atoms with Gasteiger partial charge in [0.2, 0.25) is 0 Å². The zero-order valence-electron chi connectivity index (χ0n) is 9.03. The number of hydrogen-bond acceptors (Lipinski definition) is 0. The van der Waals surface area contributed by atoms with Gasteiger partial charge < -0.3 is 0 Å². The van der Waals surface area contributed by atoms with Gasteiger partial charge in [0.05, 0.1) is 0 Å². The molecule has 0 fully saturated rings. The van der Waals surface area contributed by atoms with Crippen molar-refractivity contribution in [2.24, 2.45) is 0 Å². The number of benzene rings is 2. The minimum atomic E-state index is 1.21. The minimum absolute atomic E-state index is 1.21. The van der Waals surface area contributed by atoms with Crippen molar-refractivity contribution in [3.05, 3.63) is 58.7 Å². The summed E-state index contributed by atoms with van der Waals surface area (Å²) in [6, 6.07) is 9.13. The number of aryl methyl sites for hydroxylation is 2. The monoisotopic (exact) mass is 204 g/mol. The number of allylic oxidation sites excluding steroid dienone is 2. The quantitative estimate of drug-likeness (QED) is 0.609. The summed E-state index contributed by atoms with van der Waals surface area (Å²) in [4.78, 5) is 0. The molecular weight excluding hydrogens is 192 g/mol. The van der Waals surface area contributed by atoms with Crippen LogP contribution in [0.25, 0.3) is 22.9 Å². The highest BCUT2D eigenvalue weighted by Crippen LogP contribution is 2.36. The molecule has 0 bridgehead atoms. The molecule has 0 heteroatoms. The number of rotatable bonds is 0. The molecule has 2 aromatic carbocycles. The Hall–Kier alpha value is -1.82. The normalized spacial score (nSPS) is 15.8. The van der Waals surface area contributed by atoms with Crippen LogP contribution in [0, 0.1) is 0 Å². The minimum Gasteiger partial charge on any atom is -0.0616 e. The van der Waals surface area contributed by atoms with Crippen molar-refractivity contribution in [1.29, 1.82) is 0 Å². The van der Waals surface area contributed by atoms with Crippen LogP contribution in [0.15, 0.2) is 36.4 Å². The molecule has 2 aliphatic carbocycles. The van der Waals surface area contributed by atoms with Crippen molar-refractivity contribution >= 4 is 22.9 Å². The Balaban J connectivity index is 2.30. The first-order valence-corrected chi connectivity index (χ1v) is 5.86. The Bertz CT molecular complexity index is 603. The van der Waals surface area contributed by atoms with Crippen molar-refractivity contribution < 1.29 is 0 Å². The third-order valence-corrected chi connectivity index (χ3v) is 3.72. The van der Waals surface area contributed by atoms with Crippen molar-refractivity contribution in [2.45, 2.75) is 12.8 Å². The van der Waals surface area contributed by atoms with E-state index in [4.69, 9.17) is 0 Å². The summed E-state index contributed by atoms with van der Waals surface area (Å²) in [6.45, 7) is 0. The highest BCUT2D eigenvalue weighted by molar-refractivity contribution is 6.02. The molecule has 76 valence electrons. The fourth-order valence-electron chi connectivity index (χ4n) is 2.98. The van der Waals surface area contributed by atoms with Gasteiger partial charge in [-0.25, -0.2) is 0 Å². The lowest BCUT2D eigenvalue weighted by Crippen LogP contribution is -1.86. The molecule has 16 heavy (non-hydrogen) atoms. The molecule has 0 heterocycles. The van der Waals surface area contributed by atoms with Crippen LogP contribution in [-0.4, -0.2) is 0 Å². The summed E-state index contributed by atoms with van der Waals surface area (Å²) in [5, 5.41) is 2.98. The van der Waals surface area contributed by atoms with Gasteiger partial charge in [0, 0.05) is 0 Å². The highest BCUT2D eigenvalue weighted by atomic mass is 14.2. The van der Waals surface area contributed by atoms with Crippen LogP contribution in [0.4, 0.5) is 0 Å². The van der Waals surface area contributed by atoms with Gasteiger partial charge in [-0.2, -0.15) is 0 Å². The van der Waals surface area contributed by atoms with E-state index in [1.807, 2.05) is 0 Å². The fraction of sp³-hybridized carbons (Fsp3) is 0.125. The molecule has 0 saturated carbocycles. The molecule has 0 unspecified atom stereocenters. The van der Waals surface area contributed by atoms with Crippen LogP contribution < -0.4 is 0 Å². The summed E-state index contributed by atoms with van der Waals surface area (Å²) in [6.07, 6.45) is 11.1. The van der Waals surface area contributed by atoms with Crippen molar-refractivity contribution in [3.63, 3.8) is 0 Å². The van der Waals surface area contributed by atoms with E-state index in [9.17, 15) is 0 Å². The van der Waals surface area contributed by atoms with E-state index in [1.54, 1.807) is 0 Å². The lowest BCUT2D eigenvalue weighted by Gasteiger charge is -2.08. The molecular formula is C16H12. The molecule has 4 rings (SSSR count). The molecule has 0 N–H and O–H groups in total.